The number of rotatable bonds is 6. The van der Waals surface area contributed by atoms with Crippen molar-refractivity contribution in [1.82, 2.24) is 10.2 Å². The molecule has 2 unspecified atom stereocenters. The molecule has 2 aliphatic heterocycles. The number of nitrogens with one attached hydrogen (secondary N) is 1. The second-order valence-corrected chi connectivity index (χ2v) is 8.43. The molecule has 1 N–H and O–H groups in total. The van der Waals surface area contributed by atoms with E-state index in [1.54, 1.807) is 11.8 Å². The summed E-state index contributed by atoms with van der Waals surface area (Å²) in [6.45, 7) is 8.41. The molecule has 0 aromatic rings. The van der Waals surface area contributed by atoms with Crippen molar-refractivity contribution in [3.63, 3.8) is 0 Å². The van der Waals surface area contributed by atoms with Gasteiger partial charge < -0.3 is 10.2 Å². The molecular weight excluding hydrogens is 282 g/mol. The number of sulfone groups is 1. The Labute approximate surface area is 120 Å². The van der Waals surface area contributed by atoms with Gasteiger partial charge in [0.1, 0.15) is 0 Å². The number of nitrogens with zero attached hydrogens (tertiary/aromatic N) is 2. The largest absolute Gasteiger partial charge is 0.360 e. The SMILES string of the molecule is CCN(CC)CCCN=C1NC2CS(=O)(=O)CC2S1. The second kappa shape index (κ2) is 6.45. The molecule has 0 amide bonds. The first-order chi connectivity index (χ1) is 9.04. The molecule has 0 radical (unpaired) electrons. The number of hydrogen-bond donors (Lipinski definition) is 1. The lowest BCUT2D eigenvalue weighted by Crippen LogP contribution is -2.31. The van der Waals surface area contributed by atoms with Gasteiger partial charge in [-0.1, -0.05) is 25.6 Å². The summed E-state index contributed by atoms with van der Waals surface area (Å²) in [6.07, 6.45) is 1.06. The summed E-state index contributed by atoms with van der Waals surface area (Å²) in [7, 11) is -2.82. The van der Waals surface area contributed by atoms with E-state index in [1.165, 1.54) is 0 Å². The predicted octanol–water partition coefficient (Wildman–Crippen LogP) is 0.576. The van der Waals surface area contributed by atoms with Crippen molar-refractivity contribution in [2.45, 2.75) is 31.6 Å². The topological polar surface area (TPSA) is 61.8 Å². The summed E-state index contributed by atoms with van der Waals surface area (Å²) >= 11 is 1.60. The highest BCUT2D eigenvalue weighted by Gasteiger charge is 2.43. The van der Waals surface area contributed by atoms with Gasteiger partial charge >= 0.3 is 0 Å². The number of aliphatic imine (C=N–C) groups is 1. The molecule has 19 heavy (non-hydrogen) atoms. The van der Waals surface area contributed by atoms with Crippen LogP contribution in [0.5, 0.6) is 0 Å². The first-order valence-corrected chi connectivity index (χ1v) is 9.64. The molecule has 110 valence electrons. The average Bonchev–Trinajstić information content (AvgIpc) is 2.82. The molecule has 0 bridgehead atoms. The van der Waals surface area contributed by atoms with Crippen molar-refractivity contribution in [3.05, 3.63) is 0 Å². The van der Waals surface area contributed by atoms with Gasteiger partial charge in [-0.15, -0.1) is 0 Å². The van der Waals surface area contributed by atoms with Crippen LogP contribution in [-0.2, 0) is 9.84 Å². The number of fused-ring (bicyclic) bond motifs is 1. The summed E-state index contributed by atoms with van der Waals surface area (Å²) in [4.78, 5) is 6.93. The van der Waals surface area contributed by atoms with Gasteiger partial charge in [0.25, 0.3) is 0 Å². The molecule has 2 aliphatic rings. The molecule has 0 aliphatic carbocycles. The van der Waals surface area contributed by atoms with Crippen LogP contribution in [0.15, 0.2) is 4.99 Å². The third kappa shape index (κ3) is 4.10. The Bertz CT molecular complexity index is 410. The zero-order chi connectivity index (χ0) is 13.9. The maximum absolute atomic E-state index is 11.5. The Morgan fingerprint density at radius 3 is 2.74 bits per heavy atom. The molecule has 5 nitrogen and oxygen atoms in total. The van der Waals surface area contributed by atoms with E-state index in [0.717, 1.165) is 37.8 Å². The molecular formula is C12H23N3O2S2. The van der Waals surface area contributed by atoms with Gasteiger partial charge in [-0.05, 0) is 26.1 Å². The van der Waals surface area contributed by atoms with Crippen molar-refractivity contribution < 1.29 is 8.42 Å². The first kappa shape index (κ1) is 15.1. The minimum Gasteiger partial charge on any atom is -0.360 e. The van der Waals surface area contributed by atoms with Crippen molar-refractivity contribution in [3.8, 4) is 0 Å². The summed E-state index contributed by atoms with van der Waals surface area (Å²) in [5.41, 5.74) is 0. The van der Waals surface area contributed by atoms with Crippen molar-refractivity contribution in [1.29, 1.82) is 0 Å². The van der Waals surface area contributed by atoms with Gasteiger partial charge in [0.05, 0.1) is 17.5 Å². The van der Waals surface area contributed by atoms with Crippen LogP contribution in [0.1, 0.15) is 20.3 Å². The zero-order valence-electron chi connectivity index (χ0n) is 11.6. The van der Waals surface area contributed by atoms with E-state index in [9.17, 15) is 8.42 Å². The highest BCUT2D eigenvalue weighted by molar-refractivity contribution is 8.15. The van der Waals surface area contributed by atoms with Gasteiger partial charge in [-0.25, -0.2) is 8.42 Å². The van der Waals surface area contributed by atoms with Crippen LogP contribution in [0.25, 0.3) is 0 Å². The molecule has 2 atom stereocenters. The number of amidine groups is 1. The molecule has 7 heteroatoms. The molecule has 2 rings (SSSR count). The van der Waals surface area contributed by atoms with E-state index in [1.807, 2.05) is 0 Å². The Morgan fingerprint density at radius 2 is 2.11 bits per heavy atom. The lowest BCUT2D eigenvalue weighted by molar-refractivity contribution is 0.302. The van der Waals surface area contributed by atoms with Crippen LogP contribution < -0.4 is 5.32 Å². The molecule has 2 saturated heterocycles. The van der Waals surface area contributed by atoms with E-state index in [0.29, 0.717) is 5.75 Å². The fourth-order valence-corrected chi connectivity index (χ4v) is 6.25. The van der Waals surface area contributed by atoms with E-state index >= 15 is 0 Å². The Morgan fingerprint density at radius 1 is 1.37 bits per heavy atom. The van der Waals surface area contributed by atoms with E-state index < -0.39 is 9.84 Å². The Kier molecular flexibility index (Phi) is 5.14. The van der Waals surface area contributed by atoms with Crippen LogP contribution in [0.4, 0.5) is 0 Å². The van der Waals surface area contributed by atoms with Crippen molar-refractivity contribution in [2.75, 3.05) is 37.7 Å². The summed E-state index contributed by atoms with van der Waals surface area (Å²) in [5, 5.41) is 4.35. The minimum absolute atomic E-state index is 0.0801. The predicted molar refractivity (Wildman–Crippen MR) is 81.7 cm³/mol. The third-order valence-corrected chi connectivity index (χ3v) is 6.87. The number of thioether (sulfide) groups is 1. The smallest absolute Gasteiger partial charge is 0.157 e. The summed E-state index contributed by atoms with van der Waals surface area (Å²) < 4.78 is 22.9. The van der Waals surface area contributed by atoms with Crippen molar-refractivity contribution >= 4 is 26.8 Å². The molecule has 2 fully saturated rings. The average molecular weight is 305 g/mol. The Balaban J connectivity index is 1.72. The van der Waals surface area contributed by atoms with Gasteiger partial charge in [0.2, 0.25) is 0 Å². The van der Waals surface area contributed by atoms with Crippen LogP contribution >= 0.6 is 11.8 Å². The molecule has 0 saturated carbocycles. The van der Waals surface area contributed by atoms with E-state index in [2.05, 4.69) is 29.1 Å². The van der Waals surface area contributed by atoms with Gasteiger partial charge in [0.15, 0.2) is 15.0 Å². The quantitative estimate of drug-likeness (QED) is 0.727. The summed E-state index contributed by atoms with van der Waals surface area (Å²) in [6, 6.07) is 0.0801. The Hall–Kier alpha value is -0.270. The highest BCUT2D eigenvalue weighted by atomic mass is 32.2. The van der Waals surface area contributed by atoms with Crippen molar-refractivity contribution in [2.24, 2.45) is 4.99 Å². The van der Waals surface area contributed by atoms with Crippen LogP contribution in [-0.4, -0.2) is 67.5 Å². The highest BCUT2D eigenvalue weighted by Crippen LogP contribution is 2.31. The van der Waals surface area contributed by atoms with E-state index in [4.69, 9.17) is 0 Å². The monoisotopic (exact) mass is 305 g/mol. The van der Waals surface area contributed by atoms with Crippen LogP contribution in [0, 0.1) is 0 Å². The third-order valence-electron chi connectivity index (χ3n) is 3.65. The van der Waals surface area contributed by atoms with Gasteiger partial charge in [-0.2, -0.15) is 0 Å². The molecule has 0 aromatic carbocycles. The lowest BCUT2D eigenvalue weighted by Gasteiger charge is -2.16. The minimum atomic E-state index is -2.82. The first-order valence-electron chi connectivity index (χ1n) is 6.94. The standard InChI is InChI=1S/C12H23N3O2S2/c1-3-15(4-2)7-5-6-13-12-14-10-8-19(16,17)9-11(10)18-12/h10-11H,3-9H2,1-2H3,(H,13,14). The number of hydrogen-bond acceptors (Lipinski definition) is 5. The van der Waals surface area contributed by atoms with E-state index in [-0.39, 0.29) is 17.0 Å². The normalized spacial score (nSPS) is 30.8. The molecule has 2 heterocycles. The molecule has 0 aromatic heterocycles. The fourth-order valence-electron chi connectivity index (χ4n) is 2.50. The maximum Gasteiger partial charge on any atom is 0.157 e. The van der Waals surface area contributed by atoms with Gasteiger partial charge in [-0.3, -0.25) is 4.99 Å². The lowest BCUT2D eigenvalue weighted by atomic mass is 10.3. The van der Waals surface area contributed by atoms with Gasteiger partial charge in [0, 0.05) is 11.8 Å². The fraction of sp³-hybridized carbons (Fsp3) is 0.917. The zero-order valence-corrected chi connectivity index (χ0v) is 13.3. The molecule has 0 spiro atoms. The summed E-state index contributed by atoms with van der Waals surface area (Å²) in [5.74, 6) is 0.566. The van der Waals surface area contributed by atoms with Crippen LogP contribution in [0.2, 0.25) is 0 Å². The second-order valence-electron chi connectivity index (χ2n) is 5.05. The maximum atomic E-state index is 11.5. The van der Waals surface area contributed by atoms with Crippen LogP contribution in [0.3, 0.4) is 0 Å².